The molecule has 1 amide bonds. The fourth-order valence-electron chi connectivity index (χ4n) is 5.94. The summed E-state index contributed by atoms with van der Waals surface area (Å²) >= 11 is 12.7. The second-order valence-corrected chi connectivity index (χ2v) is 14.4. The fraction of sp³-hybridized carbons (Fsp3) is 0.243. The molecule has 1 unspecified atom stereocenters. The van der Waals surface area contributed by atoms with Crippen LogP contribution in [0.1, 0.15) is 62.4 Å². The second kappa shape index (κ2) is 13.9. The van der Waals surface area contributed by atoms with Crippen molar-refractivity contribution in [2.75, 3.05) is 10.8 Å². The van der Waals surface area contributed by atoms with E-state index in [1.54, 1.807) is 30.3 Å². The summed E-state index contributed by atoms with van der Waals surface area (Å²) in [6, 6.07) is 29.7. The number of nitrogens with zero attached hydrogens (tertiary/aromatic N) is 3. The molecule has 242 valence electrons. The minimum Gasteiger partial charge on any atom is -0.303 e. The molecule has 47 heavy (non-hydrogen) atoms. The zero-order chi connectivity index (χ0) is 33.1. The summed E-state index contributed by atoms with van der Waals surface area (Å²) in [5.41, 5.74) is 7.18. The molecule has 0 saturated carbocycles. The molecule has 1 atom stereocenters. The van der Waals surface area contributed by atoms with E-state index in [1.807, 2.05) is 27.6 Å². The Morgan fingerprint density at radius 3 is 2.26 bits per heavy atom. The first-order valence-corrected chi connectivity index (χ1v) is 18.0. The summed E-state index contributed by atoms with van der Waals surface area (Å²) in [6.07, 6.45) is 7.37. The van der Waals surface area contributed by atoms with Crippen LogP contribution in [0.3, 0.4) is 0 Å². The Labute approximate surface area is 286 Å². The first kappa shape index (κ1) is 32.8. The maximum Gasteiger partial charge on any atom is 0.326 e. The van der Waals surface area contributed by atoms with Gasteiger partial charge in [0.05, 0.1) is 16.4 Å². The summed E-state index contributed by atoms with van der Waals surface area (Å²) in [7, 11) is -3.95. The molecule has 1 fully saturated rings. The zero-order valence-corrected chi connectivity index (χ0v) is 28.6. The Kier molecular flexibility index (Phi) is 9.73. The molecule has 7 nitrogen and oxygen atoms in total. The van der Waals surface area contributed by atoms with Gasteiger partial charge < -0.3 is 4.57 Å². The van der Waals surface area contributed by atoms with Gasteiger partial charge in [-0.3, -0.25) is 4.79 Å². The summed E-state index contributed by atoms with van der Waals surface area (Å²) in [5, 5.41) is 0.998. The van der Waals surface area contributed by atoms with Crippen LogP contribution in [0.15, 0.2) is 97.2 Å². The smallest absolute Gasteiger partial charge is 0.303 e. The van der Waals surface area contributed by atoms with Gasteiger partial charge in [-0.25, -0.2) is 14.0 Å². The molecule has 0 radical (unpaired) electrons. The number of nitrogens with one attached hydrogen (secondary N) is 1. The fourth-order valence-corrected chi connectivity index (χ4v) is 7.58. The van der Waals surface area contributed by atoms with Gasteiger partial charge in [-0.15, -0.1) is 0 Å². The van der Waals surface area contributed by atoms with Gasteiger partial charge in [-0.1, -0.05) is 111 Å². The number of amides is 1. The monoisotopic (exact) mass is 686 g/mol. The highest BCUT2D eigenvalue weighted by Gasteiger charge is 2.34. The molecule has 1 N–H and O–H groups in total. The molecule has 0 aliphatic carbocycles. The van der Waals surface area contributed by atoms with E-state index >= 15 is 0 Å². The number of benzene rings is 4. The molecule has 1 aromatic heterocycles. The number of halogens is 2. The number of imidazole rings is 1. The van der Waals surface area contributed by atoms with E-state index in [0.29, 0.717) is 39.5 Å². The topological polar surface area (TPSA) is 84.3 Å². The summed E-state index contributed by atoms with van der Waals surface area (Å²) < 4.78 is 30.1. The van der Waals surface area contributed by atoms with Crippen molar-refractivity contribution in [2.24, 2.45) is 0 Å². The van der Waals surface area contributed by atoms with E-state index in [-0.39, 0.29) is 6.54 Å². The first-order valence-electron chi connectivity index (χ1n) is 15.8. The molecule has 1 aliphatic heterocycles. The van der Waals surface area contributed by atoms with E-state index in [4.69, 9.17) is 28.2 Å². The quantitative estimate of drug-likeness (QED) is 0.141. The van der Waals surface area contributed by atoms with E-state index in [9.17, 15) is 13.2 Å². The number of hydrogen-bond donors (Lipinski definition) is 1. The van der Waals surface area contributed by atoms with Crippen LogP contribution in [-0.4, -0.2) is 30.4 Å². The minimum absolute atomic E-state index is 0.277. The second-order valence-electron chi connectivity index (χ2n) is 12.0. The molecule has 1 saturated heterocycles. The van der Waals surface area contributed by atoms with Crippen molar-refractivity contribution >= 4 is 45.0 Å². The number of hydrogen-bond acceptors (Lipinski definition) is 4. The molecule has 10 heteroatoms. The molecule has 1 aliphatic rings. The van der Waals surface area contributed by atoms with Gasteiger partial charge in [-0.05, 0) is 71.0 Å². The maximum atomic E-state index is 12.6. The van der Waals surface area contributed by atoms with Gasteiger partial charge in [-0.2, -0.15) is 8.42 Å². The number of carbonyl (C=O) groups is 1. The maximum absolute atomic E-state index is 12.6. The van der Waals surface area contributed by atoms with Crippen LogP contribution < -0.4 is 9.03 Å². The number of carbonyl (C=O) groups excluding carboxylic acids is 1. The van der Waals surface area contributed by atoms with Gasteiger partial charge >= 0.3 is 10.2 Å². The molecular weight excluding hydrogens is 651 g/mol. The largest absolute Gasteiger partial charge is 0.326 e. The molecule has 6 rings (SSSR count). The van der Waals surface area contributed by atoms with Crippen molar-refractivity contribution < 1.29 is 13.2 Å². The lowest BCUT2D eigenvalue weighted by molar-refractivity contribution is -0.117. The van der Waals surface area contributed by atoms with Gasteiger partial charge in [0.15, 0.2) is 0 Å². The highest BCUT2D eigenvalue weighted by atomic mass is 35.5. The van der Waals surface area contributed by atoms with Crippen LogP contribution in [0.5, 0.6) is 0 Å². The van der Waals surface area contributed by atoms with E-state index in [1.165, 1.54) is 36.8 Å². The van der Waals surface area contributed by atoms with Crippen molar-refractivity contribution in [3.8, 4) is 28.1 Å². The summed E-state index contributed by atoms with van der Waals surface area (Å²) in [6.45, 7) is 4.26. The van der Waals surface area contributed by atoms with Gasteiger partial charge in [0.1, 0.15) is 12.4 Å². The third-order valence-corrected chi connectivity index (χ3v) is 10.5. The Hall–Kier alpha value is -4.11. The number of anilines is 1. The average Bonchev–Trinajstić information content (AvgIpc) is 3.60. The predicted molar refractivity (Wildman–Crippen MR) is 191 cm³/mol. The van der Waals surface area contributed by atoms with E-state index in [0.717, 1.165) is 26.8 Å². The Bertz CT molecular complexity index is 2010. The van der Waals surface area contributed by atoms with Crippen molar-refractivity contribution in [1.82, 2.24) is 14.3 Å². The minimum atomic E-state index is -3.95. The number of unbranched alkanes of at least 4 members (excludes halogenated alkanes) is 2. The Morgan fingerprint density at radius 1 is 0.894 bits per heavy atom. The van der Waals surface area contributed by atoms with Crippen molar-refractivity contribution in [2.45, 2.75) is 51.9 Å². The average molecular weight is 688 g/mol. The normalized spacial score (nSPS) is 14.7. The van der Waals surface area contributed by atoms with Crippen LogP contribution in [-0.2, 0) is 21.4 Å². The highest BCUT2D eigenvalue weighted by Crippen LogP contribution is 2.33. The first-order chi connectivity index (χ1) is 22.6. The Balaban J connectivity index is 1.29. The lowest BCUT2D eigenvalue weighted by Crippen LogP contribution is -2.29. The molecule has 0 spiro atoms. The standard InChI is InChI=1S/C37H36Cl2N4O3S/c1-3-4-5-7-25(2)27-14-16-29(17-15-27)28-12-10-26(11-13-28)20-36-40-35(33-19-18-30(38)21-34(33)39)23-42(36)31-8-6-9-32(22-31)43-24-37(44)41-47(43,45)46/h6,8-19,21-23,25H,3-5,7,20,24H2,1-2H3,(H,41,44). The van der Waals surface area contributed by atoms with Gasteiger partial charge in [0, 0.05) is 28.9 Å². The highest BCUT2D eigenvalue weighted by molar-refractivity contribution is 7.92. The summed E-state index contributed by atoms with van der Waals surface area (Å²) in [5.74, 6) is 0.708. The van der Waals surface area contributed by atoms with Crippen LogP contribution >= 0.6 is 23.2 Å². The van der Waals surface area contributed by atoms with Gasteiger partial charge in [0.2, 0.25) is 0 Å². The number of rotatable bonds is 11. The van der Waals surface area contributed by atoms with Crippen molar-refractivity contribution in [1.29, 1.82) is 0 Å². The van der Waals surface area contributed by atoms with Crippen LogP contribution in [0.25, 0.3) is 28.1 Å². The summed E-state index contributed by atoms with van der Waals surface area (Å²) in [4.78, 5) is 16.9. The third kappa shape index (κ3) is 7.40. The molecular formula is C37H36Cl2N4O3S. The molecule has 0 bridgehead atoms. The molecule has 5 aromatic rings. The van der Waals surface area contributed by atoms with Crippen molar-refractivity contribution in [3.05, 3.63) is 124 Å². The SMILES string of the molecule is CCCCCC(C)c1ccc(-c2ccc(Cc3nc(-c4ccc(Cl)cc4Cl)cn3-c3cccc(N4CC(=O)NS4(=O)=O)c3)cc2)cc1. The Morgan fingerprint density at radius 2 is 1.60 bits per heavy atom. The van der Waals surface area contributed by atoms with Crippen LogP contribution in [0.4, 0.5) is 5.69 Å². The van der Waals surface area contributed by atoms with E-state index in [2.05, 4.69) is 62.4 Å². The van der Waals surface area contributed by atoms with E-state index < -0.39 is 16.1 Å². The molecule has 2 heterocycles. The van der Waals surface area contributed by atoms with Crippen LogP contribution in [0, 0.1) is 0 Å². The predicted octanol–water partition coefficient (Wildman–Crippen LogP) is 8.97. The zero-order valence-electron chi connectivity index (χ0n) is 26.3. The molecule has 4 aromatic carbocycles. The van der Waals surface area contributed by atoms with Crippen LogP contribution in [0.2, 0.25) is 10.0 Å². The number of aromatic nitrogens is 2. The van der Waals surface area contributed by atoms with Crippen molar-refractivity contribution in [3.63, 3.8) is 0 Å². The van der Waals surface area contributed by atoms with Gasteiger partial charge in [0.25, 0.3) is 5.91 Å². The lowest BCUT2D eigenvalue weighted by Gasteiger charge is -2.16. The third-order valence-electron chi connectivity index (χ3n) is 8.57. The lowest BCUT2D eigenvalue weighted by atomic mass is 9.93.